The lowest BCUT2D eigenvalue weighted by Gasteiger charge is -2.23. The average molecular weight is 332 g/mol. The van der Waals surface area contributed by atoms with Crippen molar-refractivity contribution in [2.24, 2.45) is 0 Å². The standard InChI is InChI=1S/C16H20N4O2S/c1-3-20-8-7-12-13(10-20)23-16(18-12)19-15(21)11-5-6-14(17-9-11)22-4-2/h5-6,9H,3-4,7-8,10H2,1-2H3,(H,18,19,21). The molecule has 3 rings (SSSR count). The Morgan fingerprint density at radius 1 is 1.43 bits per heavy atom. The Morgan fingerprint density at radius 3 is 3.00 bits per heavy atom. The van der Waals surface area contributed by atoms with Crippen molar-refractivity contribution in [1.29, 1.82) is 0 Å². The summed E-state index contributed by atoms with van der Waals surface area (Å²) >= 11 is 1.56. The molecule has 23 heavy (non-hydrogen) atoms. The molecule has 1 N–H and O–H groups in total. The third kappa shape index (κ3) is 3.68. The molecule has 0 aliphatic carbocycles. The molecule has 0 radical (unpaired) electrons. The maximum atomic E-state index is 12.3. The third-order valence-corrected chi connectivity index (χ3v) is 4.77. The number of pyridine rings is 1. The molecule has 6 nitrogen and oxygen atoms in total. The number of rotatable bonds is 5. The van der Waals surface area contributed by atoms with Gasteiger partial charge in [0.15, 0.2) is 5.13 Å². The molecule has 0 fully saturated rings. The van der Waals surface area contributed by atoms with Crippen LogP contribution in [0.5, 0.6) is 5.88 Å². The molecule has 122 valence electrons. The Morgan fingerprint density at radius 2 is 2.30 bits per heavy atom. The van der Waals surface area contributed by atoms with Crippen molar-refractivity contribution in [3.05, 3.63) is 34.5 Å². The number of fused-ring (bicyclic) bond motifs is 1. The van der Waals surface area contributed by atoms with E-state index in [2.05, 4.69) is 27.1 Å². The van der Waals surface area contributed by atoms with Gasteiger partial charge in [0.25, 0.3) is 5.91 Å². The Bertz CT molecular complexity index is 684. The molecule has 0 bridgehead atoms. The number of likely N-dealkylation sites (N-methyl/N-ethyl adjacent to an activating group) is 1. The predicted octanol–water partition coefficient (Wildman–Crippen LogP) is 2.57. The first kappa shape index (κ1) is 15.9. The van der Waals surface area contributed by atoms with Crippen LogP contribution in [-0.4, -0.2) is 40.5 Å². The zero-order valence-electron chi connectivity index (χ0n) is 13.3. The van der Waals surface area contributed by atoms with Crippen LogP contribution in [0.25, 0.3) is 0 Å². The highest BCUT2D eigenvalue weighted by Crippen LogP contribution is 2.28. The lowest BCUT2D eigenvalue weighted by Crippen LogP contribution is -2.29. The van der Waals surface area contributed by atoms with Crippen LogP contribution in [0, 0.1) is 0 Å². The van der Waals surface area contributed by atoms with E-state index in [1.54, 1.807) is 23.5 Å². The van der Waals surface area contributed by atoms with E-state index in [9.17, 15) is 4.79 Å². The fourth-order valence-electron chi connectivity index (χ4n) is 2.49. The summed E-state index contributed by atoms with van der Waals surface area (Å²) in [7, 11) is 0. The van der Waals surface area contributed by atoms with Gasteiger partial charge in [-0.05, 0) is 19.5 Å². The van der Waals surface area contributed by atoms with E-state index in [0.717, 1.165) is 31.7 Å². The molecule has 1 aliphatic rings. The van der Waals surface area contributed by atoms with Gasteiger partial charge in [-0.15, -0.1) is 11.3 Å². The fraction of sp³-hybridized carbons (Fsp3) is 0.438. The number of nitrogens with one attached hydrogen (secondary N) is 1. The molecule has 0 saturated heterocycles. The van der Waals surface area contributed by atoms with Crippen molar-refractivity contribution < 1.29 is 9.53 Å². The number of hydrogen-bond donors (Lipinski definition) is 1. The Hall–Kier alpha value is -1.99. The van der Waals surface area contributed by atoms with Crippen molar-refractivity contribution >= 4 is 22.4 Å². The van der Waals surface area contributed by atoms with Crippen molar-refractivity contribution in [3.63, 3.8) is 0 Å². The van der Waals surface area contributed by atoms with E-state index in [1.165, 1.54) is 11.1 Å². The number of aromatic nitrogens is 2. The largest absolute Gasteiger partial charge is 0.478 e. The fourth-order valence-corrected chi connectivity index (χ4v) is 3.53. The predicted molar refractivity (Wildman–Crippen MR) is 90.1 cm³/mol. The van der Waals surface area contributed by atoms with Gasteiger partial charge in [0, 0.05) is 36.7 Å². The van der Waals surface area contributed by atoms with Crippen LogP contribution < -0.4 is 10.1 Å². The second kappa shape index (κ2) is 7.06. The van der Waals surface area contributed by atoms with Crippen molar-refractivity contribution in [3.8, 4) is 5.88 Å². The first-order chi connectivity index (χ1) is 11.2. The van der Waals surface area contributed by atoms with Gasteiger partial charge in [-0.3, -0.25) is 15.0 Å². The van der Waals surface area contributed by atoms with Crippen LogP contribution in [-0.2, 0) is 13.0 Å². The minimum atomic E-state index is -0.195. The number of nitrogens with zero attached hydrogens (tertiary/aromatic N) is 3. The van der Waals surface area contributed by atoms with Crippen LogP contribution in [0.15, 0.2) is 18.3 Å². The molecule has 0 aromatic carbocycles. The van der Waals surface area contributed by atoms with Gasteiger partial charge in [-0.25, -0.2) is 9.97 Å². The zero-order valence-corrected chi connectivity index (χ0v) is 14.2. The summed E-state index contributed by atoms with van der Waals surface area (Å²) in [6.07, 6.45) is 2.47. The summed E-state index contributed by atoms with van der Waals surface area (Å²) in [5, 5.41) is 3.53. The molecule has 0 unspecified atom stereocenters. The number of thiazole rings is 1. The molecule has 2 aromatic rings. The average Bonchev–Trinajstić information content (AvgIpc) is 2.96. The topological polar surface area (TPSA) is 67.3 Å². The number of amides is 1. The van der Waals surface area contributed by atoms with E-state index < -0.39 is 0 Å². The van der Waals surface area contributed by atoms with Gasteiger partial charge in [0.05, 0.1) is 17.9 Å². The Balaban J connectivity index is 1.67. The number of anilines is 1. The maximum Gasteiger partial charge on any atom is 0.259 e. The van der Waals surface area contributed by atoms with Gasteiger partial charge in [-0.1, -0.05) is 6.92 Å². The quantitative estimate of drug-likeness (QED) is 0.911. The molecule has 0 atom stereocenters. The summed E-state index contributed by atoms with van der Waals surface area (Å²) in [4.78, 5) is 24.6. The summed E-state index contributed by atoms with van der Waals surface area (Å²) in [5.41, 5.74) is 1.61. The second-order valence-electron chi connectivity index (χ2n) is 5.28. The van der Waals surface area contributed by atoms with E-state index in [1.807, 2.05) is 6.92 Å². The number of ether oxygens (including phenoxy) is 1. The van der Waals surface area contributed by atoms with Crippen LogP contribution in [0.2, 0.25) is 0 Å². The van der Waals surface area contributed by atoms with E-state index in [4.69, 9.17) is 4.74 Å². The summed E-state index contributed by atoms with van der Waals surface area (Å²) in [6, 6.07) is 3.41. The molecule has 7 heteroatoms. The SMILES string of the molecule is CCOc1ccc(C(=O)Nc2nc3c(s2)CN(CC)CC3)cn1. The molecule has 1 aliphatic heterocycles. The van der Waals surface area contributed by atoms with Gasteiger partial charge in [-0.2, -0.15) is 0 Å². The normalized spacial score (nSPS) is 14.3. The number of hydrogen-bond acceptors (Lipinski definition) is 6. The monoisotopic (exact) mass is 332 g/mol. The maximum absolute atomic E-state index is 12.3. The summed E-state index contributed by atoms with van der Waals surface area (Å²) in [5.74, 6) is 0.326. The van der Waals surface area contributed by atoms with Crippen LogP contribution in [0.1, 0.15) is 34.8 Å². The van der Waals surface area contributed by atoms with E-state index >= 15 is 0 Å². The highest BCUT2D eigenvalue weighted by atomic mass is 32.1. The number of carbonyl (C=O) groups excluding carboxylic acids is 1. The highest BCUT2D eigenvalue weighted by molar-refractivity contribution is 7.15. The third-order valence-electron chi connectivity index (χ3n) is 3.77. The molecular weight excluding hydrogens is 312 g/mol. The second-order valence-corrected chi connectivity index (χ2v) is 6.36. The van der Waals surface area contributed by atoms with Crippen molar-refractivity contribution in [2.75, 3.05) is 25.0 Å². The van der Waals surface area contributed by atoms with Crippen LogP contribution in [0.3, 0.4) is 0 Å². The summed E-state index contributed by atoms with van der Waals surface area (Å²) in [6.45, 7) is 7.60. The minimum Gasteiger partial charge on any atom is -0.478 e. The van der Waals surface area contributed by atoms with Gasteiger partial charge in [0.1, 0.15) is 0 Å². The van der Waals surface area contributed by atoms with E-state index in [0.29, 0.717) is 23.2 Å². The van der Waals surface area contributed by atoms with Gasteiger partial charge < -0.3 is 4.74 Å². The zero-order chi connectivity index (χ0) is 16.2. The van der Waals surface area contributed by atoms with Crippen molar-refractivity contribution in [2.45, 2.75) is 26.8 Å². The summed E-state index contributed by atoms with van der Waals surface area (Å²) < 4.78 is 5.28. The van der Waals surface area contributed by atoms with E-state index in [-0.39, 0.29) is 5.91 Å². The molecule has 0 saturated carbocycles. The Kier molecular flexibility index (Phi) is 4.88. The number of carbonyl (C=O) groups is 1. The lowest BCUT2D eigenvalue weighted by atomic mass is 10.2. The molecule has 1 amide bonds. The van der Waals surface area contributed by atoms with Gasteiger partial charge in [0.2, 0.25) is 5.88 Å². The lowest BCUT2D eigenvalue weighted by molar-refractivity contribution is 0.102. The molecule has 3 heterocycles. The Labute approximate surface area is 139 Å². The van der Waals surface area contributed by atoms with Crippen molar-refractivity contribution in [1.82, 2.24) is 14.9 Å². The minimum absolute atomic E-state index is 0.195. The molecular formula is C16H20N4O2S. The van der Waals surface area contributed by atoms with Crippen LogP contribution >= 0.6 is 11.3 Å². The first-order valence-corrected chi connectivity index (χ1v) is 8.62. The van der Waals surface area contributed by atoms with Crippen LogP contribution in [0.4, 0.5) is 5.13 Å². The van der Waals surface area contributed by atoms with Gasteiger partial charge >= 0.3 is 0 Å². The molecule has 0 spiro atoms. The smallest absolute Gasteiger partial charge is 0.259 e. The first-order valence-electron chi connectivity index (χ1n) is 7.80. The molecule has 2 aromatic heterocycles. The highest BCUT2D eigenvalue weighted by Gasteiger charge is 2.20.